The molecule has 0 aliphatic carbocycles. The number of rotatable bonds is 3. The topological polar surface area (TPSA) is 72.0 Å². The quantitative estimate of drug-likeness (QED) is 0.904. The van der Waals surface area contributed by atoms with E-state index in [0.29, 0.717) is 5.69 Å². The van der Waals surface area contributed by atoms with Crippen LogP contribution in [0, 0.1) is 6.92 Å². The normalized spacial score (nSPS) is 20.2. The fourth-order valence-corrected chi connectivity index (χ4v) is 3.81. The highest BCUT2D eigenvalue weighted by molar-refractivity contribution is 7.91. The molecule has 102 valence electrons. The molecule has 2 heterocycles. The lowest BCUT2D eigenvalue weighted by Crippen LogP contribution is -2.39. The van der Waals surface area contributed by atoms with Crippen LogP contribution < -0.4 is 5.32 Å². The monoisotopic (exact) mass is 291 g/mol. The molecule has 1 N–H and O–H groups in total. The number of nitrogens with one attached hydrogen (secondary N) is 1. The van der Waals surface area contributed by atoms with Gasteiger partial charge in [-0.1, -0.05) is 6.42 Å². The minimum Gasteiger partial charge on any atom is -0.313 e. The third-order valence-electron chi connectivity index (χ3n) is 2.96. The first-order valence-electron chi connectivity index (χ1n) is 5.83. The number of nitrogens with zero attached hydrogens (tertiary/aromatic N) is 2. The summed E-state index contributed by atoms with van der Waals surface area (Å²) in [5.41, 5.74) is 0.475. The van der Waals surface area contributed by atoms with Gasteiger partial charge in [-0.25, -0.2) is 13.4 Å². The van der Waals surface area contributed by atoms with E-state index in [1.165, 1.54) is 12.4 Å². The third kappa shape index (κ3) is 3.63. The van der Waals surface area contributed by atoms with Crippen molar-refractivity contribution in [2.45, 2.75) is 37.3 Å². The van der Waals surface area contributed by atoms with E-state index in [-0.39, 0.29) is 29.2 Å². The van der Waals surface area contributed by atoms with Gasteiger partial charge in [-0.2, -0.15) is 0 Å². The van der Waals surface area contributed by atoms with Crippen LogP contribution in [0.25, 0.3) is 0 Å². The molecule has 1 fully saturated rings. The zero-order chi connectivity index (χ0) is 12.3. The van der Waals surface area contributed by atoms with E-state index in [4.69, 9.17) is 0 Å². The van der Waals surface area contributed by atoms with Crippen LogP contribution in [-0.4, -0.2) is 36.7 Å². The van der Waals surface area contributed by atoms with Crippen molar-refractivity contribution >= 4 is 22.2 Å². The van der Waals surface area contributed by atoms with Crippen LogP contribution >= 0.6 is 12.4 Å². The SMILES string of the molecule is Cc1nccnc1S(=O)(=O)CC1CCCCN1.Cl. The standard InChI is InChI=1S/C11H17N3O2S.ClH/c1-9-11(14-7-6-12-9)17(15,16)8-10-4-2-3-5-13-10;/h6-7,10,13H,2-5,8H2,1H3;1H. The summed E-state index contributed by atoms with van der Waals surface area (Å²) in [6, 6.07) is 0.0511. The zero-order valence-corrected chi connectivity index (χ0v) is 11.9. The first-order valence-corrected chi connectivity index (χ1v) is 7.48. The molecule has 0 radical (unpaired) electrons. The summed E-state index contributed by atoms with van der Waals surface area (Å²) in [6.45, 7) is 2.58. The van der Waals surface area contributed by atoms with Crippen LogP contribution in [0.4, 0.5) is 0 Å². The average Bonchev–Trinajstić information content (AvgIpc) is 2.30. The van der Waals surface area contributed by atoms with Crippen molar-refractivity contribution in [2.75, 3.05) is 12.3 Å². The molecule has 0 amide bonds. The fourth-order valence-electron chi connectivity index (χ4n) is 2.11. The molecular weight excluding hydrogens is 274 g/mol. The number of piperidine rings is 1. The second kappa shape index (κ2) is 6.45. The second-order valence-electron chi connectivity index (χ2n) is 4.38. The van der Waals surface area contributed by atoms with Crippen LogP contribution in [0.3, 0.4) is 0 Å². The van der Waals surface area contributed by atoms with Crippen LogP contribution in [-0.2, 0) is 9.84 Å². The van der Waals surface area contributed by atoms with E-state index in [1.807, 2.05) is 0 Å². The molecule has 0 bridgehead atoms. The van der Waals surface area contributed by atoms with Gasteiger partial charge in [0.15, 0.2) is 14.9 Å². The van der Waals surface area contributed by atoms with E-state index in [2.05, 4.69) is 15.3 Å². The molecule has 0 aromatic carbocycles. The Kier molecular flexibility index (Phi) is 5.49. The lowest BCUT2D eigenvalue weighted by Gasteiger charge is -2.23. The number of hydrogen-bond acceptors (Lipinski definition) is 5. The molecule has 1 saturated heterocycles. The molecule has 7 heteroatoms. The van der Waals surface area contributed by atoms with E-state index in [0.717, 1.165) is 25.8 Å². The van der Waals surface area contributed by atoms with Gasteiger partial charge in [0.25, 0.3) is 0 Å². The fraction of sp³-hybridized carbons (Fsp3) is 0.636. The maximum atomic E-state index is 12.2. The van der Waals surface area contributed by atoms with Crippen molar-refractivity contribution < 1.29 is 8.42 Å². The van der Waals surface area contributed by atoms with Crippen molar-refractivity contribution in [3.63, 3.8) is 0 Å². The maximum Gasteiger partial charge on any atom is 0.198 e. The van der Waals surface area contributed by atoms with Crippen LogP contribution in [0.2, 0.25) is 0 Å². The third-order valence-corrected chi connectivity index (χ3v) is 4.79. The Morgan fingerprint density at radius 3 is 2.67 bits per heavy atom. The average molecular weight is 292 g/mol. The molecule has 1 aromatic heterocycles. The van der Waals surface area contributed by atoms with Crippen LogP contribution in [0.15, 0.2) is 17.4 Å². The molecule has 1 aromatic rings. The van der Waals surface area contributed by atoms with Gasteiger partial charge in [0.2, 0.25) is 0 Å². The Morgan fingerprint density at radius 2 is 2.06 bits per heavy atom. The summed E-state index contributed by atoms with van der Waals surface area (Å²) in [7, 11) is -3.33. The van der Waals surface area contributed by atoms with E-state index < -0.39 is 9.84 Å². The largest absolute Gasteiger partial charge is 0.313 e. The summed E-state index contributed by atoms with van der Waals surface area (Å²) in [4.78, 5) is 7.91. The number of sulfone groups is 1. The van der Waals surface area contributed by atoms with Gasteiger partial charge >= 0.3 is 0 Å². The van der Waals surface area contributed by atoms with Crippen LogP contribution in [0.1, 0.15) is 25.0 Å². The predicted molar refractivity (Wildman–Crippen MR) is 71.7 cm³/mol. The van der Waals surface area contributed by atoms with Crippen LogP contribution in [0.5, 0.6) is 0 Å². The van der Waals surface area contributed by atoms with Gasteiger partial charge < -0.3 is 5.32 Å². The summed E-state index contributed by atoms with van der Waals surface area (Å²) >= 11 is 0. The van der Waals surface area contributed by atoms with Gasteiger partial charge in [-0.3, -0.25) is 4.98 Å². The highest BCUT2D eigenvalue weighted by Gasteiger charge is 2.25. The summed E-state index contributed by atoms with van der Waals surface area (Å²) < 4.78 is 24.4. The van der Waals surface area contributed by atoms with Crippen molar-refractivity contribution in [2.24, 2.45) is 0 Å². The van der Waals surface area contributed by atoms with E-state index >= 15 is 0 Å². The van der Waals surface area contributed by atoms with Crippen molar-refractivity contribution in [1.82, 2.24) is 15.3 Å². The van der Waals surface area contributed by atoms with Crippen molar-refractivity contribution in [1.29, 1.82) is 0 Å². The van der Waals surface area contributed by atoms with Gasteiger partial charge in [0.05, 0.1) is 11.4 Å². The molecule has 1 aliphatic heterocycles. The number of aromatic nitrogens is 2. The lowest BCUT2D eigenvalue weighted by atomic mass is 10.1. The molecule has 1 atom stereocenters. The predicted octanol–water partition coefficient (Wildman–Crippen LogP) is 1.12. The minimum absolute atomic E-state index is 0. The molecule has 2 rings (SSSR count). The first kappa shape index (κ1) is 15.3. The van der Waals surface area contributed by atoms with Gasteiger partial charge in [0.1, 0.15) is 0 Å². The maximum absolute atomic E-state index is 12.2. The Bertz CT molecular complexity index is 487. The Hall–Kier alpha value is -0.720. The lowest BCUT2D eigenvalue weighted by molar-refractivity contribution is 0.423. The number of halogens is 1. The zero-order valence-electron chi connectivity index (χ0n) is 10.3. The molecule has 18 heavy (non-hydrogen) atoms. The highest BCUT2D eigenvalue weighted by Crippen LogP contribution is 2.15. The Morgan fingerprint density at radius 1 is 1.33 bits per heavy atom. The minimum atomic E-state index is -3.33. The molecule has 5 nitrogen and oxygen atoms in total. The summed E-state index contributed by atoms with van der Waals surface area (Å²) in [5.74, 6) is 0.118. The van der Waals surface area contributed by atoms with E-state index in [1.54, 1.807) is 6.92 Å². The molecular formula is C11H18ClN3O2S. The molecule has 1 aliphatic rings. The molecule has 0 saturated carbocycles. The first-order chi connectivity index (χ1) is 8.09. The van der Waals surface area contributed by atoms with Gasteiger partial charge in [-0.05, 0) is 26.3 Å². The van der Waals surface area contributed by atoms with Crippen molar-refractivity contribution in [3.05, 3.63) is 18.1 Å². The van der Waals surface area contributed by atoms with E-state index in [9.17, 15) is 8.42 Å². The van der Waals surface area contributed by atoms with Gasteiger partial charge in [-0.15, -0.1) is 12.4 Å². The second-order valence-corrected chi connectivity index (χ2v) is 6.32. The van der Waals surface area contributed by atoms with Gasteiger partial charge in [0, 0.05) is 18.4 Å². The Labute approximate surface area is 114 Å². The summed E-state index contributed by atoms with van der Waals surface area (Å²) in [5, 5.41) is 3.36. The molecule has 0 spiro atoms. The number of hydrogen-bond donors (Lipinski definition) is 1. The van der Waals surface area contributed by atoms with Crippen molar-refractivity contribution in [3.8, 4) is 0 Å². The molecule has 1 unspecified atom stereocenters. The highest BCUT2D eigenvalue weighted by atomic mass is 35.5. The smallest absolute Gasteiger partial charge is 0.198 e. The summed E-state index contributed by atoms with van der Waals surface area (Å²) in [6.07, 6.45) is 6.06. The Balaban J connectivity index is 0.00000162. The number of aryl methyl sites for hydroxylation is 1.